The molecular formula is C22H27N3O3S. The minimum absolute atomic E-state index is 0.218. The second-order valence-electron chi connectivity index (χ2n) is 7.67. The van der Waals surface area contributed by atoms with Gasteiger partial charge >= 0.3 is 0 Å². The van der Waals surface area contributed by atoms with Crippen molar-refractivity contribution >= 4 is 23.0 Å². The summed E-state index contributed by atoms with van der Waals surface area (Å²) in [6.07, 6.45) is 3.79. The molecule has 0 unspecified atom stereocenters. The zero-order valence-electron chi connectivity index (χ0n) is 16.9. The number of benzene rings is 1. The minimum atomic E-state index is 0.218. The van der Waals surface area contributed by atoms with Crippen LogP contribution < -0.4 is 4.74 Å². The molecule has 1 fully saturated rings. The van der Waals surface area contributed by atoms with Gasteiger partial charge in [0.15, 0.2) is 5.78 Å². The lowest BCUT2D eigenvalue weighted by molar-refractivity contribution is -0.133. The lowest BCUT2D eigenvalue weighted by Crippen LogP contribution is -2.48. The molecule has 0 bridgehead atoms. The summed E-state index contributed by atoms with van der Waals surface area (Å²) in [6, 6.07) is 7.90. The van der Waals surface area contributed by atoms with E-state index in [2.05, 4.69) is 4.90 Å². The van der Waals surface area contributed by atoms with Gasteiger partial charge in [-0.1, -0.05) is 12.1 Å². The molecule has 1 amide bonds. The quantitative estimate of drug-likeness (QED) is 0.729. The number of rotatable bonds is 6. The molecule has 0 radical (unpaired) electrons. The van der Waals surface area contributed by atoms with Gasteiger partial charge in [0.25, 0.3) is 0 Å². The lowest BCUT2D eigenvalue weighted by Gasteiger charge is -2.34. The summed E-state index contributed by atoms with van der Waals surface area (Å²) in [5.74, 6) is 1.31. The number of aryl methyl sites for hydroxylation is 2. The van der Waals surface area contributed by atoms with Gasteiger partial charge in [-0.25, -0.2) is 4.98 Å². The number of amides is 1. The van der Waals surface area contributed by atoms with Crippen molar-refractivity contribution in [1.29, 1.82) is 0 Å². The molecule has 4 rings (SSSR count). The summed E-state index contributed by atoms with van der Waals surface area (Å²) >= 11 is 1.56. The van der Waals surface area contributed by atoms with E-state index in [0.717, 1.165) is 78.9 Å². The third-order valence-electron chi connectivity index (χ3n) is 5.68. The second-order valence-corrected chi connectivity index (χ2v) is 8.75. The fourth-order valence-electron chi connectivity index (χ4n) is 3.93. The SMILES string of the molecule is COc1ccc(CCC(=O)N2CCN(Cc3nc4c(s3)C(=O)CCC4)CC2)cc1. The number of ketones is 1. The van der Waals surface area contributed by atoms with E-state index >= 15 is 0 Å². The summed E-state index contributed by atoms with van der Waals surface area (Å²) in [5, 5.41) is 1.03. The van der Waals surface area contributed by atoms with Crippen LogP contribution in [0.5, 0.6) is 5.75 Å². The van der Waals surface area contributed by atoms with Crippen LogP contribution in [-0.4, -0.2) is 59.8 Å². The molecule has 6 nitrogen and oxygen atoms in total. The number of hydrogen-bond acceptors (Lipinski definition) is 6. The summed E-state index contributed by atoms with van der Waals surface area (Å²) in [5.41, 5.74) is 2.15. The molecular weight excluding hydrogens is 386 g/mol. The highest BCUT2D eigenvalue weighted by molar-refractivity contribution is 7.13. The van der Waals surface area contributed by atoms with E-state index < -0.39 is 0 Å². The van der Waals surface area contributed by atoms with E-state index in [9.17, 15) is 9.59 Å². The Morgan fingerprint density at radius 3 is 2.59 bits per heavy atom. The van der Waals surface area contributed by atoms with Crippen LogP contribution in [0.25, 0.3) is 0 Å². The molecule has 0 spiro atoms. The molecule has 2 heterocycles. The van der Waals surface area contributed by atoms with Crippen molar-refractivity contribution in [2.75, 3.05) is 33.3 Å². The number of methoxy groups -OCH3 is 1. The average Bonchev–Trinajstić information content (AvgIpc) is 3.17. The summed E-state index contributed by atoms with van der Waals surface area (Å²) in [7, 11) is 1.65. The van der Waals surface area contributed by atoms with E-state index in [0.29, 0.717) is 12.8 Å². The minimum Gasteiger partial charge on any atom is -0.497 e. The molecule has 29 heavy (non-hydrogen) atoms. The summed E-state index contributed by atoms with van der Waals surface area (Å²) in [4.78, 5) is 34.4. The molecule has 0 atom stereocenters. The fourth-order valence-corrected chi connectivity index (χ4v) is 5.05. The number of thiazole rings is 1. The molecule has 154 valence electrons. The Labute approximate surface area is 175 Å². The Balaban J connectivity index is 1.23. The zero-order chi connectivity index (χ0) is 20.2. The van der Waals surface area contributed by atoms with Crippen LogP contribution in [0, 0.1) is 0 Å². The highest BCUT2D eigenvalue weighted by Gasteiger charge is 2.25. The highest BCUT2D eigenvalue weighted by atomic mass is 32.1. The van der Waals surface area contributed by atoms with Crippen molar-refractivity contribution in [3.05, 3.63) is 45.4 Å². The first-order chi connectivity index (χ1) is 14.1. The molecule has 2 aromatic rings. The number of nitrogens with zero attached hydrogens (tertiary/aromatic N) is 3. The van der Waals surface area contributed by atoms with Gasteiger partial charge < -0.3 is 9.64 Å². The number of carbonyl (C=O) groups excluding carboxylic acids is 2. The Kier molecular flexibility index (Phi) is 6.25. The maximum Gasteiger partial charge on any atom is 0.222 e. The van der Waals surface area contributed by atoms with Gasteiger partial charge in [-0.3, -0.25) is 14.5 Å². The van der Waals surface area contributed by atoms with Gasteiger partial charge in [-0.2, -0.15) is 0 Å². The van der Waals surface area contributed by atoms with Crippen molar-refractivity contribution in [3.8, 4) is 5.75 Å². The van der Waals surface area contributed by atoms with Gasteiger partial charge in [-0.05, 0) is 37.0 Å². The Hall–Kier alpha value is -2.25. The predicted octanol–water partition coefficient (Wildman–Crippen LogP) is 2.95. The van der Waals surface area contributed by atoms with Crippen LogP contribution in [0.4, 0.5) is 0 Å². The van der Waals surface area contributed by atoms with E-state index in [1.807, 2.05) is 29.2 Å². The topological polar surface area (TPSA) is 62.7 Å². The molecule has 1 aliphatic heterocycles. The van der Waals surface area contributed by atoms with Gasteiger partial charge in [0.1, 0.15) is 10.8 Å². The van der Waals surface area contributed by atoms with Gasteiger partial charge in [-0.15, -0.1) is 11.3 Å². The molecule has 1 saturated heterocycles. The van der Waals surface area contributed by atoms with Crippen molar-refractivity contribution in [3.63, 3.8) is 0 Å². The third kappa shape index (κ3) is 4.85. The van der Waals surface area contributed by atoms with Crippen molar-refractivity contribution < 1.29 is 14.3 Å². The zero-order valence-corrected chi connectivity index (χ0v) is 17.7. The fraction of sp³-hybridized carbons (Fsp3) is 0.500. The maximum absolute atomic E-state index is 12.6. The van der Waals surface area contributed by atoms with Crippen molar-refractivity contribution in [2.24, 2.45) is 0 Å². The number of Topliss-reactive ketones (excluding diaryl/α,β-unsaturated/α-hetero) is 1. The Bertz CT molecular complexity index is 870. The standard InChI is InChI=1S/C22H27N3O3S/c1-28-17-8-5-16(6-9-17)7-10-21(27)25-13-11-24(12-14-25)15-20-23-18-3-2-4-19(26)22(18)29-20/h5-6,8-9H,2-4,7,10-15H2,1H3. The van der Waals surface area contributed by atoms with Crippen LogP contribution >= 0.6 is 11.3 Å². The smallest absolute Gasteiger partial charge is 0.222 e. The first-order valence-corrected chi connectivity index (χ1v) is 11.1. The maximum atomic E-state index is 12.6. The number of aromatic nitrogens is 1. The van der Waals surface area contributed by atoms with E-state index in [4.69, 9.17) is 9.72 Å². The van der Waals surface area contributed by atoms with Crippen LogP contribution in [-0.2, 0) is 24.2 Å². The Morgan fingerprint density at radius 1 is 1.14 bits per heavy atom. The average molecular weight is 414 g/mol. The van der Waals surface area contributed by atoms with Gasteiger partial charge in [0.05, 0.1) is 24.2 Å². The number of piperazine rings is 1. The number of hydrogen-bond donors (Lipinski definition) is 0. The van der Waals surface area contributed by atoms with Gasteiger partial charge in [0.2, 0.25) is 5.91 Å². The van der Waals surface area contributed by atoms with Crippen LogP contribution in [0.3, 0.4) is 0 Å². The summed E-state index contributed by atoms with van der Waals surface area (Å²) in [6.45, 7) is 3.99. The largest absolute Gasteiger partial charge is 0.497 e. The third-order valence-corrected chi connectivity index (χ3v) is 6.81. The molecule has 0 saturated carbocycles. The monoisotopic (exact) mass is 413 g/mol. The van der Waals surface area contributed by atoms with Crippen LogP contribution in [0.15, 0.2) is 24.3 Å². The summed E-state index contributed by atoms with van der Waals surface area (Å²) < 4.78 is 5.17. The molecule has 1 aromatic carbocycles. The number of fused-ring (bicyclic) bond motifs is 1. The normalized spacial score (nSPS) is 17.3. The van der Waals surface area contributed by atoms with E-state index in [-0.39, 0.29) is 11.7 Å². The van der Waals surface area contributed by atoms with Crippen molar-refractivity contribution in [1.82, 2.24) is 14.8 Å². The van der Waals surface area contributed by atoms with Crippen molar-refractivity contribution in [2.45, 2.75) is 38.6 Å². The molecule has 0 N–H and O–H groups in total. The van der Waals surface area contributed by atoms with Gasteiger partial charge in [0, 0.05) is 39.0 Å². The highest BCUT2D eigenvalue weighted by Crippen LogP contribution is 2.27. The van der Waals surface area contributed by atoms with Crippen LogP contribution in [0.1, 0.15) is 45.2 Å². The molecule has 7 heteroatoms. The lowest BCUT2D eigenvalue weighted by atomic mass is 10.0. The van der Waals surface area contributed by atoms with Crippen LogP contribution in [0.2, 0.25) is 0 Å². The number of ether oxygens (including phenoxy) is 1. The van der Waals surface area contributed by atoms with E-state index in [1.54, 1.807) is 18.4 Å². The predicted molar refractivity (Wildman–Crippen MR) is 113 cm³/mol. The molecule has 1 aromatic heterocycles. The van der Waals surface area contributed by atoms with E-state index in [1.165, 1.54) is 0 Å². The first-order valence-electron chi connectivity index (χ1n) is 10.3. The number of carbonyl (C=O) groups is 2. The Morgan fingerprint density at radius 2 is 1.90 bits per heavy atom. The second kappa shape index (κ2) is 9.05. The molecule has 1 aliphatic carbocycles. The first kappa shape index (κ1) is 20.0. The molecule has 2 aliphatic rings.